The maximum absolute atomic E-state index is 6.02. The molecule has 0 N–H and O–H groups in total. The van der Waals surface area contributed by atoms with Crippen molar-refractivity contribution in [3.8, 4) is 11.5 Å². The zero-order valence-corrected chi connectivity index (χ0v) is 13.5. The van der Waals surface area contributed by atoms with Crippen LogP contribution >= 0.6 is 0 Å². The van der Waals surface area contributed by atoms with Gasteiger partial charge in [-0.15, -0.1) is 0 Å². The van der Waals surface area contributed by atoms with Crippen LogP contribution in [0.15, 0.2) is 42.5 Å². The van der Waals surface area contributed by atoms with Gasteiger partial charge in [0, 0.05) is 0 Å². The number of fused-ring (bicyclic) bond motifs is 2. The van der Waals surface area contributed by atoms with Crippen molar-refractivity contribution in [3.05, 3.63) is 48.0 Å². The zero-order valence-electron chi connectivity index (χ0n) is 13.5. The third-order valence-electron chi connectivity index (χ3n) is 4.37. The molecule has 0 bridgehead atoms. The molecule has 1 aliphatic rings. The highest BCUT2D eigenvalue weighted by Gasteiger charge is 2.22. The first-order valence-corrected chi connectivity index (χ1v) is 8.41. The van der Waals surface area contributed by atoms with Gasteiger partial charge in [0.1, 0.15) is 11.4 Å². The van der Waals surface area contributed by atoms with Gasteiger partial charge in [-0.05, 0) is 36.1 Å². The van der Waals surface area contributed by atoms with Gasteiger partial charge in [-0.1, -0.05) is 63.8 Å². The van der Waals surface area contributed by atoms with Gasteiger partial charge < -0.3 is 4.74 Å². The molecule has 1 atom stereocenters. The Balaban J connectivity index is 1.78. The molecule has 0 amide bonds. The largest absolute Gasteiger partial charge is 0.453 e. The number of hydrogen-bond donors (Lipinski definition) is 0. The summed E-state index contributed by atoms with van der Waals surface area (Å²) in [5.74, 6) is 2.25. The van der Waals surface area contributed by atoms with Crippen molar-refractivity contribution >= 4 is 11.4 Å². The van der Waals surface area contributed by atoms with Crippen LogP contribution < -0.4 is 10.1 Å². The molecule has 0 spiro atoms. The molecule has 0 aliphatic carbocycles. The normalized spacial score (nSPS) is 13.5. The Labute approximate surface area is 133 Å². The first-order valence-electron chi connectivity index (χ1n) is 8.41. The Bertz CT molecular complexity index is 635. The second-order valence-electron chi connectivity index (χ2n) is 6.13. The predicted molar refractivity (Wildman–Crippen MR) is 91.6 cm³/mol. The summed E-state index contributed by atoms with van der Waals surface area (Å²) in [7, 11) is 0. The Morgan fingerprint density at radius 3 is 2.64 bits per heavy atom. The Morgan fingerprint density at radius 2 is 1.77 bits per heavy atom. The van der Waals surface area contributed by atoms with Crippen LogP contribution in [-0.2, 0) is 0 Å². The molecular formula is C20H24NO. The SMILES string of the molecule is CCCCCCC(C)c1cccc2c1[N]c1ccccc1O2. The minimum absolute atomic E-state index is 0.518. The highest BCUT2D eigenvalue weighted by molar-refractivity contribution is 5.70. The van der Waals surface area contributed by atoms with Gasteiger partial charge in [0.15, 0.2) is 11.5 Å². The van der Waals surface area contributed by atoms with Crippen LogP contribution in [0.3, 0.4) is 0 Å². The van der Waals surface area contributed by atoms with Crippen molar-refractivity contribution < 1.29 is 4.74 Å². The van der Waals surface area contributed by atoms with Gasteiger partial charge in [0.25, 0.3) is 0 Å². The number of unbranched alkanes of at least 4 members (excludes halogenated alkanes) is 3. The molecule has 115 valence electrons. The van der Waals surface area contributed by atoms with E-state index >= 15 is 0 Å². The minimum Gasteiger partial charge on any atom is -0.453 e. The summed E-state index contributed by atoms with van der Waals surface area (Å²) in [5, 5.41) is 4.85. The molecule has 1 unspecified atom stereocenters. The summed E-state index contributed by atoms with van der Waals surface area (Å²) in [5.41, 5.74) is 3.26. The van der Waals surface area contributed by atoms with Crippen LogP contribution in [0.2, 0.25) is 0 Å². The highest BCUT2D eigenvalue weighted by atomic mass is 16.5. The lowest BCUT2D eigenvalue weighted by atomic mass is 9.92. The summed E-state index contributed by atoms with van der Waals surface area (Å²) >= 11 is 0. The fourth-order valence-electron chi connectivity index (χ4n) is 3.05. The van der Waals surface area contributed by atoms with E-state index in [4.69, 9.17) is 10.1 Å². The molecule has 0 saturated carbocycles. The number of rotatable bonds is 6. The third kappa shape index (κ3) is 3.11. The monoisotopic (exact) mass is 294 g/mol. The summed E-state index contributed by atoms with van der Waals surface area (Å²) in [4.78, 5) is 0. The molecule has 2 aromatic carbocycles. The lowest BCUT2D eigenvalue weighted by molar-refractivity contribution is 0.468. The van der Waals surface area contributed by atoms with E-state index in [1.165, 1.54) is 37.7 Å². The number of para-hydroxylation sites is 3. The van der Waals surface area contributed by atoms with Gasteiger partial charge in [0.05, 0.1) is 0 Å². The van der Waals surface area contributed by atoms with Gasteiger partial charge in [-0.2, -0.15) is 0 Å². The van der Waals surface area contributed by atoms with Crippen LogP contribution in [0, 0.1) is 0 Å². The standard InChI is InChI=1S/C20H24NO/c1-3-4-5-6-10-15(2)16-11-9-14-19-20(16)21-17-12-7-8-13-18(17)22-19/h7-9,11-15H,3-6,10H2,1-2H3. The van der Waals surface area contributed by atoms with E-state index in [-0.39, 0.29) is 0 Å². The fraction of sp³-hybridized carbons (Fsp3) is 0.400. The summed E-state index contributed by atoms with van der Waals surface area (Å²) < 4.78 is 6.02. The van der Waals surface area contributed by atoms with Gasteiger partial charge >= 0.3 is 0 Å². The van der Waals surface area contributed by atoms with E-state index < -0.39 is 0 Å². The summed E-state index contributed by atoms with van der Waals surface area (Å²) in [6, 6.07) is 14.3. The van der Waals surface area contributed by atoms with Gasteiger partial charge in [0.2, 0.25) is 0 Å². The minimum atomic E-state index is 0.518. The average molecular weight is 294 g/mol. The van der Waals surface area contributed by atoms with E-state index in [0.29, 0.717) is 5.92 Å². The first-order chi connectivity index (χ1) is 10.8. The van der Waals surface area contributed by atoms with Gasteiger partial charge in [-0.25, -0.2) is 5.32 Å². The van der Waals surface area contributed by atoms with Crippen LogP contribution in [0.5, 0.6) is 11.5 Å². The van der Waals surface area contributed by atoms with E-state index in [1.54, 1.807) is 0 Å². The molecule has 2 aromatic rings. The van der Waals surface area contributed by atoms with Crippen molar-refractivity contribution in [2.75, 3.05) is 0 Å². The van der Waals surface area contributed by atoms with Gasteiger partial charge in [-0.3, -0.25) is 0 Å². The molecule has 0 saturated heterocycles. The Hall–Kier alpha value is -1.96. The smallest absolute Gasteiger partial charge is 0.153 e. The zero-order chi connectivity index (χ0) is 15.4. The topological polar surface area (TPSA) is 23.3 Å². The molecule has 3 rings (SSSR count). The van der Waals surface area contributed by atoms with E-state index in [0.717, 1.165) is 22.9 Å². The molecule has 1 heterocycles. The predicted octanol–water partition coefficient (Wildman–Crippen LogP) is 6.43. The molecule has 1 radical (unpaired) electrons. The van der Waals surface area contributed by atoms with Crippen LogP contribution in [0.25, 0.3) is 0 Å². The highest BCUT2D eigenvalue weighted by Crippen LogP contribution is 2.45. The number of nitrogens with zero attached hydrogens (tertiary/aromatic N) is 1. The molecule has 2 nitrogen and oxygen atoms in total. The lowest BCUT2D eigenvalue weighted by Gasteiger charge is -2.24. The molecule has 2 heteroatoms. The van der Waals surface area contributed by atoms with E-state index in [1.807, 2.05) is 30.3 Å². The molecular weight excluding hydrogens is 270 g/mol. The average Bonchev–Trinajstić information content (AvgIpc) is 2.56. The summed E-state index contributed by atoms with van der Waals surface area (Å²) in [6.45, 7) is 4.56. The summed E-state index contributed by atoms with van der Waals surface area (Å²) in [6.07, 6.45) is 6.45. The fourth-order valence-corrected chi connectivity index (χ4v) is 3.05. The van der Waals surface area contributed by atoms with Crippen molar-refractivity contribution in [2.45, 2.75) is 51.9 Å². The van der Waals surface area contributed by atoms with Crippen molar-refractivity contribution in [1.82, 2.24) is 5.32 Å². The maximum atomic E-state index is 6.02. The number of benzene rings is 2. The molecule has 0 fully saturated rings. The van der Waals surface area contributed by atoms with E-state index in [9.17, 15) is 0 Å². The van der Waals surface area contributed by atoms with Crippen molar-refractivity contribution in [2.24, 2.45) is 0 Å². The van der Waals surface area contributed by atoms with Crippen molar-refractivity contribution in [1.29, 1.82) is 0 Å². The van der Waals surface area contributed by atoms with Crippen LogP contribution in [0.4, 0.5) is 11.4 Å². The molecule has 1 aliphatic heterocycles. The maximum Gasteiger partial charge on any atom is 0.153 e. The second-order valence-corrected chi connectivity index (χ2v) is 6.13. The molecule has 22 heavy (non-hydrogen) atoms. The quantitative estimate of drug-likeness (QED) is 0.480. The first kappa shape index (κ1) is 15.0. The Morgan fingerprint density at radius 1 is 0.955 bits per heavy atom. The second kappa shape index (κ2) is 6.87. The molecule has 0 aromatic heterocycles. The number of ether oxygens (including phenoxy) is 1. The van der Waals surface area contributed by atoms with Crippen LogP contribution in [-0.4, -0.2) is 0 Å². The number of hydrogen-bond acceptors (Lipinski definition) is 1. The van der Waals surface area contributed by atoms with Crippen molar-refractivity contribution in [3.63, 3.8) is 0 Å². The van der Waals surface area contributed by atoms with E-state index in [2.05, 4.69) is 26.0 Å². The third-order valence-corrected chi connectivity index (χ3v) is 4.37. The lowest BCUT2D eigenvalue weighted by Crippen LogP contribution is -2.06. The van der Waals surface area contributed by atoms with Crippen LogP contribution in [0.1, 0.15) is 57.4 Å². The Kier molecular flexibility index (Phi) is 4.67.